The van der Waals surface area contributed by atoms with Crippen LogP contribution < -0.4 is 14.2 Å². The van der Waals surface area contributed by atoms with Crippen molar-refractivity contribution in [3.8, 4) is 11.5 Å². The van der Waals surface area contributed by atoms with E-state index < -0.39 is 16.1 Å². The summed E-state index contributed by atoms with van der Waals surface area (Å²) < 4.78 is 38.5. The normalized spacial score (nSPS) is 17.5. The van der Waals surface area contributed by atoms with Crippen molar-refractivity contribution >= 4 is 44.6 Å². The molecule has 0 spiro atoms. The average molecular weight is 380 g/mol. The summed E-state index contributed by atoms with van der Waals surface area (Å²) in [7, 11) is -3.74. The Hall–Kier alpha value is -0.990. The summed E-state index contributed by atoms with van der Waals surface area (Å²) in [6.07, 6.45) is -0.419. The lowest BCUT2D eigenvalue weighted by molar-refractivity contribution is 0.0943. The fraction of sp³-hybridized carbons (Fsp3) is 0.231. The molecule has 1 aliphatic rings. The molecule has 0 radical (unpaired) electrons. The van der Waals surface area contributed by atoms with Crippen LogP contribution in [0.3, 0.4) is 0 Å². The van der Waals surface area contributed by atoms with Gasteiger partial charge in [0.2, 0.25) is 10.0 Å². The quantitative estimate of drug-likeness (QED) is 0.885. The molecule has 0 saturated carbocycles. The third-order valence-electron chi connectivity index (χ3n) is 2.98. The minimum Gasteiger partial charge on any atom is -0.486 e. The van der Waals surface area contributed by atoms with E-state index in [4.69, 9.17) is 32.7 Å². The van der Waals surface area contributed by atoms with Gasteiger partial charge in [-0.05, 0) is 18.2 Å². The van der Waals surface area contributed by atoms with Gasteiger partial charge in [-0.3, -0.25) is 0 Å². The van der Waals surface area contributed by atoms with Crippen LogP contribution >= 0.6 is 34.5 Å². The largest absolute Gasteiger partial charge is 0.486 e. The predicted octanol–water partition coefficient (Wildman–Crippen LogP) is 3.17. The smallest absolute Gasteiger partial charge is 0.243 e. The highest BCUT2D eigenvalue weighted by Gasteiger charge is 2.25. The van der Waals surface area contributed by atoms with Gasteiger partial charge in [0, 0.05) is 0 Å². The topological polar surface area (TPSA) is 64.6 Å². The van der Waals surface area contributed by atoms with E-state index in [-0.39, 0.29) is 22.4 Å². The van der Waals surface area contributed by atoms with Crippen molar-refractivity contribution in [1.29, 1.82) is 0 Å². The summed E-state index contributed by atoms with van der Waals surface area (Å²) >= 11 is 12.7. The van der Waals surface area contributed by atoms with E-state index in [1.54, 1.807) is 12.1 Å². The minimum atomic E-state index is -3.74. The maximum absolute atomic E-state index is 12.2. The Morgan fingerprint density at radius 1 is 1.27 bits per heavy atom. The number of ether oxygens (including phenoxy) is 2. The highest BCUT2D eigenvalue weighted by molar-refractivity contribution is 7.89. The van der Waals surface area contributed by atoms with Crippen LogP contribution in [0, 0.1) is 0 Å². The van der Waals surface area contributed by atoms with Gasteiger partial charge in [-0.2, -0.15) is 0 Å². The van der Waals surface area contributed by atoms with Crippen LogP contribution in [-0.2, 0) is 10.0 Å². The zero-order valence-electron chi connectivity index (χ0n) is 11.1. The van der Waals surface area contributed by atoms with E-state index >= 15 is 0 Å². The number of sulfonamides is 1. The molecule has 0 amide bonds. The number of halogens is 2. The second-order valence-corrected chi connectivity index (χ2v) is 8.56. The predicted molar refractivity (Wildman–Crippen MR) is 85.9 cm³/mol. The molecule has 1 unspecified atom stereocenters. The first-order chi connectivity index (χ1) is 10.5. The minimum absolute atomic E-state index is 0.0266. The molecule has 1 aliphatic heterocycles. The summed E-state index contributed by atoms with van der Waals surface area (Å²) in [5, 5.41) is 0. The third-order valence-corrected chi connectivity index (χ3v) is 6.16. The summed E-state index contributed by atoms with van der Waals surface area (Å²) in [6, 6.07) is 8.55. The molecule has 0 aliphatic carbocycles. The van der Waals surface area contributed by atoms with Crippen LogP contribution in [0.15, 0.2) is 35.2 Å². The molecule has 2 heterocycles. The van der Waals surface area contributed by atoms with Gasteiger partial charge in [0.1, 0.15) is 21.9 Å². The fourth-order valence-corrected chi connectivity index (χ4v) is 5.17. The molecular formula is C13H11Cl2NO4S2. The van der Waals surface area contributed by atoms with E-state index in [1.807, 2.05) is 12.1 Å². The molecule has 0 saturated heterocycles. The average Bonchev–Trinajstić information content (AvgIpc) is 2.85. The molecule has 1 atom stereocenters. The summed E-state index contributed by atoms with van der Waals surface area (Å²) in [5.41, 5.74) is 0. The van der Waals surface area contributed by atoms with E-state index in [2.05, 4.69) is 4.72 Å². The molecule has 22 heavy (non-hydrogen) atoms. The molecule has 118 valence electrons. The zero-order chi connectivity index (χ0) is 15.7. The molecule has 5 nitrogen and oxygen atoms in total. The van der Waals surface area contributed by atoms with Gasteiger partial charge in [0.15, 0.2) is 11.5 Å². The maximum atomic E-state index is 12.2. The van der Waals surface area contributed by atoms with E-state index in [1.165, 1.54) is 6.07 Å². The van der Waals surface area contributed by atoms with Crippen LogP contribution in [0.5, 0.6) is 11.5 Å². The Labute approximate surface area is 141 Å². The van der Waals surface area contributed by atoms with Crippen molar-refractivity contribution in [2.24, 2.45) is 0 Å². The number of fused-ring (bicyclic) bond motifs is 1. The van der Waals surface area contributed by atoms with Gasteiger partial charge in [-0.15, -0.1) is 11.3 Å². The Kier molecular flexibility index (Phi) is 4.52. The van der Waals surface area contributed by atoms with Crippen LogP contribution in [0.2, 0.25) is 8.67 Å². The Bertz CT molecular complexity index is 791. The van der Waals surface area contributed by atoms with Gasteiger partial charge < -0.3 is 9.47 Å². The van der Waals surface area contributed by atoms with Gasteiger partial charge in [0.25, 0.3) is 0 Å². The molecule has 1 aromatic heterocycles. The number of rotatable bonds is 4. The third kappa shape index (κ3) is 3.33. The zero-order valence-corrected chi connectivity index (χ0v) is 14.2. The number of hydrogen-bond donors (Lipinski definition) is 1. The summed E-state index contributed by atoms with van der Waals surface area (Å²) in [6.45, 7) is 0.331. The standard InChI is InChI=1S/C13H11Cl2NO4S2/c14-12-5-11(13(15)21-12)22(17,18)16-6-8-7-19-9-3-1-2-4-10(9)20-8/h1-5,8,16H,6-7H2. The molecule has 0 bridgehead atoms. The first kappa shape index (κ1) is 15.9. The van der Waals surface area contributed by atoms with Crippen LogP contribution in [-0.4, -0.2) is 27.7 Å². The molecule has 0 fully saturated rings. The highest BCUT2D eigenvalue weighted by atomic mass is 35.5. The number of hydrogen-bond acceptors (Lipinski definition) is 5. The highest BCUT2D eigenvalue weighted by Crippen LogP contribution is 2.34. The van der Waals surface area contributed by atoms with Crippen LogP contribution in [0.4, 0.5) is 0 Å². The van der Waals surface area contributed by atoms with Crippen LogP contribution in [0.25, 0.3) is 0 Å². The van der Waals surface area contributed by atoms with E-state index in [0.717, 1.165) is 11.3 Å². The van der Waals surface area contributed by atoms with Crippen molar-refractivity contribution in [1.82, 2.24) is 4.72 Å². The second kappa shape index (κ2) is 6.25. The van der Waals surface area contributed by atoms with Gasteiger partial charge in [0.05, 0.1) is 10.9 Å². The van der Waals surface area contributed by atoms with Gasteiger partial charge in [-0.1, -0.05) is 35.3 Å². The van der Waals surface area contributed by atoms with Crippen molar-refractivity contribution in [3.05, 3.63) is 39.0 Å². The van der Waals surface area contributed by atoms with Gasteiger partial charge >= 0.3 is 0 Å². The molecule has 1 aromatic carbocycles. The number of benzene rings is 1. The molecule has 1 N–H and O–H groups in total. The molecule has 2 aromatic rings. The van der Waals surface area contributed by atoms with Crippen molar-refractivity contribution in [2.75, 3.05) is 13.2 Å². The first-order valence-corrected chi connectivity index (χ1v) is 9.34. The lowest BCUT2D eigenvalue weighted by atomic mass is 10.2. The summed E-state index contributed by atoms with van der Waals surface area (Å²) in [4.78, 5) is -0.0266. The van der Waals surface area contributed by atoms with Crippen molar-refractivity contribution in [2.45, 2.75) is 11.0 Å². The second-order valence-electron chi connectivity index (χ2n) is 4.54. The molecule has 9 heteroatoms. The van der Waals surface area contributed by atoms with Crippen LogP contribution in [0.1, 0.15) is 0 Å². The Morgan fingerprint density at radius 2 is 2.00 bits per heavy atom. The fourth-order valence-electron chi connectivity index (χ4n) is 1.95. The first-order valence-electron chi connectivity index (χ1n) is 6.29. The number of thiophene rings is 1. The molecule has 3 rings (SSSR count). The van der Waals surface area contributed by atoms with Gasteiger partial charge in [-0.25, -0.2) is 13.1 Å². The Balaban J connectivity index is 1.67. The summed E-state index contributed by atoms with van der Waals surface area (Å²) in [5.74, 6) is 1.24. The maximum Gasteiger partial charge on any atom is 0.243 e. The SMILES string of the molecule is O=S(=O)(NCC1COc2ccccc2O1)c1cc(Cl)sc1Cl. The monoisotopic (exact) mass is 379 g/mol. The number of nitrogens with one attached hydrogen (secondary N) is 1. The van der Waals surface area contributed by atoms with Crippen molar-refractivity contribution < 1.29 is 17.9 Å². The lowest BCUT2D eigenvalue weighted by Gasteiger charge is -2.26. The molecular weight excluding hydrogens is 369 g/mol. The lowest BCUT2D eigenvalue weighted by Crippen LogP contribution is -2.40. The van der Waals surface area contributed by atoms with Crippen molar-refractivity contribution in [3.63, 3.8) is 0 Å². The van der Waals surface area contributed by atoms with E-state index in [0.29, 0.717) is 15.8 Å². The Morgan fingerprint density at radius 3 is 2.68 bits per heavy atom. The van der Waals surface area contributed by atoms with E-state index in [9.17, 15) is 8.42 Å². The number of para-hydroxylation sites is 2.